The molecule has 0 fully saturated rings. The number of carbonyl (C=O) groups is 2. The van der Waals surface area contributed by atoms with Gasteiger partial charge >= 0.3 is 5.97 Å². The van der Waals surface area contributed by atoms with Crippen molar-refractivity contribution in [3.63, 3.8) is 0 Å². The molecule has 1 N–H and O–H groups in total. The van der Waals surface area contributed by atoms with Gasteiger partial charge in [0.2, 0.25) is 5.76 Å². The zero-order valence-electron chi connectivity index (χ0n) is 15.1. The molecule has 0 bridgehead atoms. The molecule has 0 aliphatic carbocycles. The summed E-state index contributed by atoms with van der Waals surface area (Å²) in [4.78, 5) is 23.6. The number of hydrazone groups is 1. The average Bonchev–Trinajstić information content (AvgIpc) is 3.23. The van der Waals surface area contributed by atoms with E-state index in [1.165, 1.54) is 18.5 Å². The molecule has 0 saturated heterocycles. The van der Waals surface area contributed by atoms with Crippen molar-refractivity contribution in [3.8, 4) is 11.5 Å². The van der Waals surface area contributed by atoms with Crippen LogP contribution >= 0.6 is 0 Å². The van der Waals surface area contributed by atoms with Crippen LogP contribution in [0.1, 0.15) is 21.7 Å². The van der Waals surface area contributed by atoms with Crippen molar-refractivity contribution in [3.05, 3.63) is 83.8 Å². The molecule has 0 radical (unpaired) electrons. The Bertz CT molecular complexity index is 963. The molecule has 0 unspecified atom stereocenters. The number of furan rings is 1. The molecule has 0 spiro atoms. The summed E-state index contributed by atoms with van der Waals surface area (Å²) >= 11 is 0. The number of ether oxygens (including phenoxy) is 2. The van der Waals surface area contributed by atoms with E-state index in [2.05, 4.69) is 10.5 Å². The SMILES string of the molecule is Cc1cccc(OCC(=O)NN=Cc2ccc(OC(=O)c3ccco3)cc2)c1. The lowest BCUT2D eigenvalue weighted by molar-refractivity contribution is -0.123. The maximum Gasteiger partial charge on any atom is 0.379 e. The van der Waals surface area contributed by atoms with E-state index in [0.29, 0.717) is 11.5 Å². The van der Waals surface area contributed by atoms with Crippen LogP contribution in [-0.2, 0) is 4.79 Å². The van der Waals surface area contributed by atoms with Crippen LogP contribution < -0.4 is 14.9 Å². The smallest absolute Gasteiger partial charge is 0.379 e. The summed E-state index contributed by atoms with van der Waals surface area (Å²) < 4.78 is 15.5. The molecule has 0 aliphatic rings. The van der Waals surface area contributed by atoms with E-state index in [0.717, 1.165) is 11.1 Å². The second-order valence-electron chi connectivity index (χ2n) is 5.83. The Kier molecular flexibility index (Phi) is 6.20. The fourth-order valence-electron chi connectivity index (χ4n) is 2.24. The number of hydrogen-bond donors (Lipinski definition) is 1. The van der Waals surface area contributed by atoms with E-state index in [-0.39, 0.29) is 18.3 Å². The van der Waals surface area contributed by atoms with Gasteiger partial charge in [0.1, 0.15) is 11.5 Å². The van der Waals surface area contributed by atoms with Gasteiger partial charge in [-0.2, -0.15) is 5.10 Å². The molecule has 0 aliphatic heterocycles. The number of benzene rings is 2. The summed E-state index contributed by atoms with van der Waals surface area (Å²) in [6.45, 7) is 1.81. The molecule has 1 heterocycles. The topological polar surface area (TPSA) is 90.1 Å². The normalized spacial score (nSPS) is 10.6. The number of nitrogens with one attached hydrogen (secondary N) is 1. The van der Waals surface area contributed by atoms with Crippen LogP contribution in [0.3, 0.4) is 0 Å². The zero-order chi connectivity index (χ0) is 19.8. The van der Waals surface area contributed by atoms with Crippen molar-refractivity contribution in [1.29, 1.82) is 0 Å². The minimum absolute atomic E-state index is 0.126. The summed E-state index contributed by atoms with van der Waals surface area (Å²) in [6.07, 6.45) is 2.87. The summed E-state index contributed by atoms with van der Waals surface area (Å²) in [5.74, 6) is 0.170. The number of rotatable bonds is 7. The number of hydrogen-bond acceptors (Lipinski definition) is 6. The lowest BCUT2D eigenvalue weighted by Gasteiger charge is -2.05. The molecule has 1 aromatic heterocycles. The van der Waals surface area contributed by atoms with Crippen molar-refractivity contribution >= 4 is 18.1 Å². The first-order chi connectivity index (χ1) is 13.6. The Morgan fingerprint density at radius 1 is 1.07 bits per heavy atom. The van der Waals surface area contributed by atoms with E-state index >= 15 is 0 Å². The van der Waals surface area contributed by atoms with E-state index in [1.54, 1.807) is 36.4 Å². The molecule has 3 aromatic rings. The Hall–Kier alpha value is -3.87. The van der Waals surface area contributed by atoms with Gasteiger partial charge in [-0.3, -0.25) is 4.79 Å². The Labute approximate surface area is 161 Å². The molecule has 1 amide bonds. The highest BCUT2D eigenvalue weighted by atomic mass is 16.5. The third-order valence-electron chi connectivity index (χ3n) is 3.58. The van der Waals surface area contributed by atoms with Crippen LogP contribution in [0, 0.1) is 6.92 Å². The van der Waals surface area contributed by atoms with Crippen LogP contribution in [-0.4, -0.2) is 24.7 Å². The van der Waals surface area contributed by atoms with Gasteiger partial charge in [0.05, 0.1) is 12.5 Å². The average molecular weight is 378 g/mol. The van der Waals surface area contributed by atoms with Gasteiger partial charge in [0, 0.05) is 0 Å². The van der Waals surface area contributed by atoms with Crippen LogP contribution in [0.2, 0.25) is 0 Å². The highest BCUT2D eigenvalue weighted by molar-refractivity contribution is 5.88. The lowest BCUT2D eigenvalue weighted by Crippen LogP contribution is -2.24. The van der Waals surface area contributed by atoms with Gasteiger partial charge in [0.15, 0.2) is 6.61 Å². The largest absolute Gasteiger partial charge is 0.484 e. The highest BCUT2D eigenvalue weighted by Gasteiger charge is 2.10. The fraction of sp³-hybridized carbons (Fsp3) is 0.0952. The van der Waals surface area contributed by atoms with E-state index in [4.69, 9.17) is 13.9 Å². The Morgan fingerprint density at radius 2 is 1.89 bits per heavy atom. The van der Waals surface area contributed by atoms with Gasteiger partial charge < -0.3 is 13.9 Å². The number of carbonyl (C=O) groups excluding carboxylic acids is 2. The van der Waals surface area contributed by atoms with Crippen LogP contribution in [0.5, 0.6) is 11.5 Å². The standard InChI is InChI=1S/C21H18N2O5/c1-15-4-2-5-18(12-15)27-14-20(24)23-22-13-16-7-9-17(10-8-16)28-21(25)19-6-3-11-26-19/h2-13H,14H2,1H3,(H,23,24). The van der Waals surface area contributed by atoms with Crippen molar-refractivity contribution in [1.82, 2.24) is 5.43 Å². The molecule has 0 atom stereocenters. The quantitative estimate of drug-likeness (QED) is 0.295. The highest BCUT2D eigenvalue weighted by Crippen LogP contribution is 2.14. The Morgan fingerprint density at radius 3 is 2.61 bits per heavy atom. The maximum absolute atomic E-state index is 11.8. The van der Waals surface area contributed by atoms with Crippen LogP contribution in [0.4, 0.5) is 0 Å². The van der Waals surface area contributed by atoms with Gasteiger partial charge in [-0.1, -0.05) is 12.1 Å². The third kappa shape index (κ3) is 5.57. The first kappa shape index (κ1) is 18.9. The van der Waals surface area contributed by atoms with Gasteiger partial charge in [0.25, 0.3) is 5.91 Å². The predicted octanol–water partition coefficient (Wildman–Crippen LogP) is 3.34. The fourth-order valence-corrected chi connectivity index (χ4v) is 2.24. The van der Waals surface area contributed by atoms with Crippen molar-refractivity contribution in [2.75, 3.05) is 6.61 Å². The molecule has 142 valence electrons. The molecule has 2 aromatic carbocycles. The van der Waals surface area contributed by atoms with Gasteiger partial charge in [-0.25, -0.2) is 10.2 Å². The first-order valence-corrected chi connectivity index (χ1v) is 8.47. The lowest BCUT2D eigenvalue weighted by atomic mass is 10.2. The van der Waals surface area contributed by atoms with Crippen molar-refractivity contribution in [2.24, 2.45) is 5.10 Å². The summed E-state index contributed by atoms with van der Waals surface area (Å²) in [5.41, 5.74) is 4.16. The molecular formula is C21H18N2O5. The molecule has 7 nitrogen and oxygen atoms in total. The van der Waals surface area contributed by atoms with Gasteiger partial charge in [-0.05, 0) is 66.6 Å². The maximum atomic E-state index is 11.8. The van der Waals surface area contributed by atoms with Crippen LogP contribution in [0.25, 0.3) is 0 Å². The minimum atomic E-state index is -0.577. The Balaban J connectivity index is 1.45. The van der Waals surface area contributed by atoms with E-state index < -0.39 is 5.97 Å². The van der Waals surface area contributed by atoms with Gasteiger partial charge in [-0.15, -0.1) is 0 Å². The molecule has 7 heteroatoms. The summed E-state index contributed by atoms with van der Waals surface area (Å²) in [6, 6.07) is 17.2. The third-order valence-corrected chi connectivity index (χ3v) is 3.58. The first-order valence-electron chi connectivity index (χ1n) is 8.47. The van der Waals surface area contributed by atoms with Crippen LogP contribution in [0.15, 0.2) is 76.4 Å². The number of esters is 1. The number of aryl methyl sites for hydroxylation is 1. The summed E-state index contributed by atoms with van der Waals surface area (Å²) in [7, 11) is 0. The summed E-state index contributed by atoms with van der Waals surface area (Å²) in [5, 5.41) is 3.88. The molecule has 3 rings (SSSR count). The zero-order valence-corrected chi connectivity index (χ0v) is 15.1. The predicted molar refractivity (Wildman–Crippen MR) is 103 cm³/mol. The second kappa shape index (κ2) is 9.18. The van der Waals surface area contributed by atoms with Crippen molar-refractivity contribution < 1.29 is 23.5 Å². The number of nitrogens with zero attached hydrogens (tertiary/aromatic N) is 1. The molecule has 28 heavy (non-hydrogen) atoms. The molecular weight excluding hydrogens is 360 g/mol. The monoisotopic (exact) mass is 378 g/mol. The van der Waals surface area contributed by atoms with Crippen molar-refractivity contribution in [2.45, 2.75) is 6.92 Å². The number of amides is 1. The second-order valence-corrected chi connectivity index (χ2v) is 5.83. The van der Waals surface area contributed by atoms with E-state index in [9.17, 15) is 9.59 Å². The van der Waals surface area contributed by atoms with E-state index in [1.807, 2.05) is 25.1 Å². The molecule has 0 saturated carbocycles. The minimum Gasteiger partial charge on any atom is -0.484 e.